The van der Waals surface area contributed by atoms with Crippen LogP contribution in [0.2, 0.25) is 0 Å². The van der Waals surface area contributed by atoms with Crippen molar-refractivity contribution in [1.29, 1.82) is 0 Å². The summed E-state index contributed by atoms with van der Waals surface area (Å²) in [5.74, 6) is 0.205. The van der Waals surface area contributed by atoms with E-state index < -0.39 is 14.6 Å². The van der Waals surface area contributed by atoms with Crippen molar-refractivity contribution < 1.29 is 8.42 Å². The lowest BCUT2D eigenvalue weighted by Crippen LogP contribution is -2.37. The Morgan fingerprint density at radius 2 is 1.70 bits per heavy atom. The number of sulfone groups is 1. The van der Waals surface area contributed by atoms with Crippen LogP contribution >= 0.6 is 15.9 Å². The van der Waals surface area contributed by atoms with Gasteiger partial charge in [0.15, 0.2) is 9.84 Å². The van der Waals surface area contributed by atoms with E-state index in [9.17, 15) is 8.42 Å². The van der Waals surface area contributed by atoms with E-state index in [4.69, 9.17) is 0 Å². The minimum atomic E-state index is -3.06. The van der Waals surface area contributed by atoms with Gasteiger partial charge in [-0.15, -0.1) is 0 Å². The number of hydrogen-bond acceptors (Lipinski definition) is 3. The summed E-state index contributed by atoms with van der Waals surface area (Å²) in [5.41, 5.74) is 1.21. The van der Waals surface area contributed by atoms with Crippen molar-refractivity contribution in [2.75, 3.05) is 24.2 Å². The molecule has 0 bridgehead atoms. The molecule has 0 aromatic heterocycles. The average molecular weight is 362 g/mol. The number of benzene rings is 1. The van der Waals surface area contributed by atoms with Crippen LogP contribution in [0.4, 0.5) is 0 Å². The SMILES string of the molecule is CC(C)(C)S(=O)(=O)CCN(CCBr)Cc1ccccc1. The first-order valence-corrected chi connectivity index (χ1v) is 9.58. The molecule has 0 atom stereocenters. The molecule has 1 aromatic rings. The second-order valence-corrected chi connectivity index (χ2v) is 9.54. The molecule has 0 unspecified atom stereocenters. The zero-order valence-electron chi connectivity index (χ0n) is 12.5. The van der Waals surface area contributed by atoms with Crippen molar-refractivity contribution in [2.24, 2.45) is 0 Å². The maximum atomic E-state index is 12.2. The maximum absolute atomic E-state index is 12.2. The summed E-state index contributed by atoms with van der Waals surface area (Å²) >= 11 is 3.43. The first-order valence-electron chi connectivity index (χ1n) is 6.81. The van der Waals surface area contributed by atoms with Crippen LogP contribution in [0.25, 0.3) is 0 Å². The molecule has 0 aliphatic heterocycles. The summed E-state index contributed by atoms with van der Waals surface area (Å²) in [6.07, 6.45) is 0. The molecule has 20 heavy (non-hydrogen) atoms. The van der Waals surface area contributed by atoms with Crippen molar-refractivity contribution in [3.63, 3.8) is 0 Å². The van der Waals surface area contributed by atoms with Crippen molar-refractivity contribution >= 4 is 25.8 Å². The van der Waals surface area contributed by atoms with Gasteiger partial charge in [-0.1, -0.05) is 46.3 Å². The van der Waals surface area contributed by atoms with Crippen LogP contribution in [0.15, 0.2) is 30.3 Å². The first-order chi connectivity index (χ1) is 9.26. The molecule has 1 rings (SSSR count). The molecule has 0 amide bonds. The van der Waals surface area contributed by atoms with Crippen LogP contribution in [0.3, 0.4) is 0 Å². The van der Waals surface area contributed by atoms with Crippen molar-refractivity contribution in [2.45, 2.75) is 32.1 Å². The minimum absolute atomic E-state index is 0.205. The summed E-state index contributed by atoms with van der Waals surface area (Å²) in [6, 6.07) is 10.1. The van der Waals surface area contributed by atoms with E-state index in [1.807, 2.05) is 18.2 Å². The van der Waals surface area contributed by atoms with Gasteiger partial charge in [-0.3, -0.25) is 4.90 Å². The lowest BCUT2D eigenvalue weighted by molar-refractivity contribution is 0.299. The lowest BCUT2D eigenvalue weighted by Gasteiger charge is -2.24. The molecule has 0 heterocycles. The van der Waals surface area contributed by atoms with E-state index in [0.29, 0.717) is 6.54 Å². The minimum Gasteiger partial charge on any atom is -0.297 e. The molecule has 0 spiro atoms. The van der Waals surface area contributed by atoms with Gasteiger partial charge in [-0.05, 0) is 26.3 Å². The Labute approximate surface area is 131 Å². The first kappa shape index (κ1) is 17.7. The Hall–Kier alpha value is -0.390. The highest BCUT2D eigenvalue weighted by atomic mass is 79.9. The fourth-order valence-corrected chi connectivity index (χ4v) is 3.40. The lowest BCUT2D eigenvalue weighted by atomic mass is 10.2. The molecule has 0 saturated carbocycles. The average Bonchev–Trinajstić information content (AvgIpc) is 2.36. The fourth-order valence-electron chi connectivity index (χ4n) is 1.79. The molecule has 0 aliphatic rings. The van der Waals surface area contributed by atoms with Gasteiger partial charge >= 0.3 is 0 Å². The molecule has 0 fully saturated rings. The number of rotatable bonds is 7. The Morgan fingerprint density at radius 1 is 1.10 bits per heavy atom. The van der Waals surface area contributed by atoms with Crippen LogP contribution in [-0.2, 0) is 16.4 Å². The van der Waals surface area contributed by atoms with Crippen LogP contribution in [-0.4, -0.2) is 42.2 Å². The number of hydrogen-bond donors (Lipinski definition) is 0. The normalized spacial score (nSPS) is 12.8. The second-order valence-electron chi connectivity index (χ2n) is 5.88. The molecule has 0 radical (unpaired) electrons. The van der Waals surface area contributed by atoms with Crippen LogP contribution in [0, 0.1) is 0 Å². The molecule has 0 N–H and O–H groups in total. The Kier molecular flexibility index (Phi) is 6.69. The van der Waals surface area contributed by atoms with E-state index in [2.05, 4.69) is 33.0 Å². The van der Waals surface area contributed by atoms with Crippen molar-refractivity contribution in [1.82, 2.24) is 4.90 Å². The number of alkyl halides is 1. The van der Waals surface area contributed by atoms with Gasteiger partial charge < -0.3 is 0 Å². The quantitative estimate of drug-likeness (QED) is 0.700. The van der Waals surface area contributed by atoms with Crippen LogP contribution < -0.4 is 0 Å². The zero-order chi connectivity index (χ0) is 15.2. The van der Waals surface area contributed by atoms with Crippen molar-refractivity contribution in [3.05, 3.63) is 35.9 Å². The number of nitrogens with zero attached hydrogens (tertiary/aromatic N) is 1. The largest absolute Gasteiger partial charge is 0.297 e. The van der Waals surface area contributed by atoms with Crippen LogP contribution in [0.5, 0.6) is 0 Å². The third-order valence-electron chi connectivity index (χ3n) is 3.26. The highest BCUT2D eigenvalue weighted by Crippen LogP contribution is 2.16. The Morgan fingerprint density at radius 3 is 2.20 bits per heavy atom. The van der Waals surface area contributed by atoms with Crippen molar-refractivity contribution in [3.8, 4) is 0 Å². The van der Waals surface area contributed by atoms with Gasteiger partial charge in [-0.25, -0.2) is 8.42 Å². The zero-order valence-corrected chi connectivity index (χ0v) is 14.9. The van der Waals surface area contributed by atoms with Gasteiger partial charge in [0.25, 0.3) is 0 Å². The summed E-state index contributed by atoms with van der Waals surface area (Å²) in [5, 5.41) is 0.843. The standard InChI is InChI=1S/C15H24BrNO2S/c1-15(2,3)20(18,19)12-11-17(10-9-16)13-14-7-5-4-6-8-14/h4-8H,9-13H2,1-3H3. The van der Waals surface area contributed by atoms with E-state index in [0.717, 1.165) is 18.4 Å². The predicted octanol–water partition coefficient (Wildman–Crippen LogP) is 3.10. The summed E-state index contributed by atoms with van der Waals surface area (Å²) in [4.78, 5) is 2.17. The molecule has 114 valence electrons. The van der Waals surface area contributed by atoms with E-state index in [1.165, 1.54) is 5.56 Å². The third-order valence-corrected chi connectivity index (χ3v) is 6.20. The molecule has 1 aromatic carbocycles. The molecular formula is C15H24BrNO2S. The van der Waals surface area contributed by atoms with E-state index in [-0.39, 0.29) is 5.75 Å². The predicted molar refractivity (Wildman–Crippen MR) is 89.1 cm³/mol. The van der Waals surface area contributed by atoms with Gasteiger partial charge in [0.2, 0.25) is 0 Å². The Bertz CT molecular complexity index is 494. The molecule has 0 aliphatic carbocycles. The summed E-state index contributed by atoms with van der Waals surface area (Å²) in [7, 11) is -3.06. The van der Waals surface area contributed by atoms with E-state index >= 15 is 0 Å². The molecule has 0 saturated heterocycles. The molecule has 5 heteroatoms. The van der Waals surface area contributed by atoms with Gasteiger partial charge in [0.05, 0.1) is 10.5 Å². The van der Waals surface area contributed by atoms with Crippen LogP contribution in [0.1, 0.15) is 26.3 Å². The van der Waals surface area contributed by atoms with Gasteiger partial charge in [-0.2, -0.15) is 0 Å². The molecule has 3 nitrogen and oxygen atoms in total. The highest BCUT2D eigenvalue weighted by Gasteiger charge is 2.28. The molecular weight excluding hydrogens is 338 g/mol. The number of halogens is 1. The fraction of sp³-hybridized carbons (Fsp3) is 0.600. The second kappa shape index (κ2) is 7.57. The highest BCUT2D eigenvalue weighted by molar-refractivity contribution is 9.09. The monoisotopic (exact) mass is 361 g/mol. The van der Waals surface area contributed by atoms with Gasteiger partial charge in [0, 0.05) is 25.0 Å². The summed E-state index contributed by atoms with van der Waals surface area (Å²) in [6.45, 7) is 7.47. The maximum Gasteiger partial charge on any atom is 0.156 e. The van der Waals surface area contributed by atoms with E-state index in [1.54, 1.807) is 20.8 Å². The topological polar surface area (TPSA) is 37.4 Å². The smallest absolute Gasteiger partial charge is 0.156 e. The summed E-state index contributed by atoms with van der Waals surface area (Å²) < 4.78 is 23.7. The Balaban J connectivity index is 2.65. The third kappa shape index (κ3) is 5.54. The van der Waals surface area contributed by atoms with Gasteiger partial charge in [0.1, 0.15) is 0 Å².